The zero-order chi connectivity index (χ0) is 13.1. The molecular formula is C11H15N3O4. The number of hydrogen-bond acceptors (Lipinski definition) is 4. The summed E-state index contributed by atoms with van der Waals surface area (Å²) in [6.07, 6.45) is 1.04. The van der Waals surface area contributed by atoms with E-state index in [0.29, 0.717) is 13.2 Å². The molecule has 1 saturated carbocycles. The molecule has 2 rings (SSSR count). The number of morpholine rings is 1. The summed E-state index contributed by atoms with van der Waals surface area (Å²) in [6, 6.07) is 0.689. The number of carbonyl (C=O) groups is 2. The van der Waals surface area contributed by atoms with Gasteiger partial charge in [-0.15, -0.1) is 0 Å². The minimum absolute atomic E-state index is 0.0410. The summed E-state index contributed by atoms with van der Waals surface area (Å²) in [4.78, 5) is 24.3. The van der Waals surface area contributed by atoms with Crippen molar-refractivity contribution >= 4 is 12.0 Å². The number of nitrogens with zero attached hydrogens (tertiary/aromatic N) is 2. The molecule has 2 fully saturated rings. The smallest absolute Gasteiger partial charge is 0.326 e. The predicted octanol–water partition coefficient (Wildman–Crippen LogP) is -0.216. The van der Waals surface area contributed by atoms with Crippen molar-refractivity contribution in [1.82, 2.24) is 10.2 Å². The van der Waals surface area contributed by atoms with E-state index in [0.717, 1.165) is 12.8 Å². The number of ether oxygens (including phenoxy) is 1. The number of amides is 2. The van der Waals surface area contributed by atoms with Crippen molar-refractivity contribution < 1.29 is 19.4 Å². The van der Waals surface area contributed by atoms with Gasteiger partial charge in [-0.3, -0.25) is 0 Å². The summed E-state index contributed by atoms with van der Waals surface area (Å²) in [5.41, 5.74) is 0. The highest BCUT2D eigenvalue weighted by atomic mass is 16.5. The predicted molar refractivity (Wildman–Crippen MR) is 59.6 cm³/mol. The number of nitrogens with one attached hydrogen (secondary N) is 1. The molecule has 2 unspecified atom stereocenters. The van der Waals surface area contributed by atoms with Gasteiger partial charge >= 0.3 is 12.0 Å². The first-order valence-corrected chi connectivity index (χ1v) is 5.91. The lowest BCUT2D eigenvalue weighted by atomic mass is 10.2. The van der Waals surface area contributed by atoms with Crippen LogP contribution >= 0.6 is 0 Å². The highest BCUT2D eigenvalue weighted by Gasteiger charge is 2.38. The van der Waals surface area contributed by atoms with Gasteiger partial charge in [0.1, 0.15) is 6.04 Å². The molecule has 1 aliphatic carbocycles. The Balaban J connectivity index is 1.90. The van der Waals surface area contributed by atoms with Crippen LogP contribution in [-0.2, 0) is 9.53 Å². The maximum atomic E-state index is 11.9. The SMILES string of the molecule is N#CC1CN(C(=O)NC(C(=O)O)C2CC2)CCO1. The second-order valence-electron chi connectivity index (χ2n) is 4.54. The average Bonchev–Trinajstić information content (AvgIpc) is 3.19. The third-order valence-electron chi connectivity index (χ3n) is 3.14. The van der Waals surface area contributed by atoms with Crippen molar-refractivity contribution in [1.29, 1.82) is 5.26 Å². The molecule has 1 saturated heterocycles. The van der Waals surface area contributed by atoms with Gasteiger partial charge in [-0.1, -0.05) is 0 Å². The second kappa shape index (κ2) is 5.23. The number of carboxylic acids is 1. The summed E-state index contributed by atoms with van der Waals surface area (Å²) in [5, 5.41) is 20.3. The van der Waals surface area contributed by atoms with E-state index < -0.39 is 24.1 Å². The Morgan fingerprint density at radius 2 is 2.22 bits per heavy atom. The number of nitriles is 1. The van der Waals surface area contributed by atoms with Crippen LogP contribution in [0.3, 0.4) is 0 Å². The van der Waals surface area contributed by atoms with E-state index in [4.69, 9.17) is 15.1 Å². The Bertz CT molecular complexity index is 388. The molecule has 2 aliphatic rings. The monoisotopic (exact) mass is 253 g/mol. The van der Waals surface area contributed by atoms with E-state index in [1.54, 1.807) is 0 Å². The average molecular weight is 253 g/mol. The molecule has 0 aromatic heterocycles. The standard InChI is InChI=1S/C11H15N3O4/c12-5-8-6-14(3-4-18-8)11(17)13-9(10(15)16)7-1-2-7/h7-9H,1-4,6H2,(H,13,17)(H,15,16). The lowest BCUT2D eigenvalue weighted by Gasteiger charge is -2.30. The van der Waals surface area contributed by atoms with Crippen LogP contribution in [0.5, 0.6) is 0 Å². The first-order chi connectivity index (χ1) is 8.61. The van der Waals surface area contributed by atoms with Crippen LogP contribution in [0.15, 0.2) is 0 Å². The molecule has 0 aromatic rings. The van der Waals surface area contributed by atoms with Gasteiger partial charge in [0, 0.05) is 6.54 Å². The van der Waals surface area contributed by atoms with Crippen LogP contribution in [0.25, 0.3) is 0 Å². The summed E-state index contributed by atoms with van der Waals surface area (Å²) in [5.74, 6) is -0.963. The fourth-order valence-corrected chi connectivity index (χ4v) is 1.95. The van der Waals surface area contributed by atoms with E-state index in [1.165, 1.54) is 4.90 Å². The molecule has 2 amide bonds. The molecular weight excluding hydrogens is 238 g/mol. The van der Waals surface area contributed by atoms with Crippen molar-refractivity contribution in [3.63, 3.8) is 0 Å². The minimum atomic E-state index is -1.00. The van der Waals surface area contributed by atoms with Gasteiger partial charge in [-0.2, -0.15) is 5.26 Å². The zero-order valence-electron chi connectivity index (χ0n) is 9.83. The number of urea groups is 1. The molecule has 1 aliphatic heterocycles. The summed E-state index contributed by atoms with van der Waals surface area (Å²) >= 11 is 0. The van der Waals surface area contributed by atoms with Crippen LogP contribution in [-0.4, -0.2) is 53.8 Å². The third-order valence-corrected chi connectivity index (χ3v) is 3.14. The van der Waals surface area contributed by atoms with Gasteiger partial charge in [0.25, 0.3) is 0 Å². The molecule has 7 nitrogen and oxygen atoms in total. The van der Waals surface area contributed by atoms with Gasteiger partial charge in [0.2, 0.25) is 0 Å². The Labute approximate surface area is 104 Å². The topological polar surface area (TPSA) is 103 Å². The maximum absolute atomic E-state index is 11.9. The fourth-order valence-electron chi connectivity index (χ4n) is 1.95. The van der Waals surface area contributed by atoms with Crippen LogP contribution in [0, 0.1) is 17.2 Å². The highest BCUT2D eigenvalue weighted by molar-refractivity contribution is 5.83. The Hall–Kier alpha value is -1.81. The van der Waals surface area contributed by atoms with Gasteiger partial charge in [0.15, 0.2) is 6.10 Å². The molecule has 7 heteroatoms. The lowest BCUT2D eigenvalue weighted by Crippen LogP contribution is -2.53. The molecule has 0 spiro atoms. The fraction of sp³-hybridized carbons (Fsp3) is 0.727. The van der Waals surface area contributed by atoms with Crippen molar-refractivity contribution in [2.75, 3.05) is 19.7 Å². The van der Waals surface area contributed by atoms with E-state index >= 15 is 0 Å². The number of aliphatic carboxylic acids is 1. The van der Waals surface area contributed by atoms with E-state index in [2.05, 4.69) is 5.32 Å². The number of carbonyl (C=O) groups excluding carboxylic acids is 1. The van der Waals surface area contributed by atoms with Crippen molar-refractivity contribution in [2.45, 2.75) is 25.0 Å². The maximum Gasteiger partial charge on any atom is 0.326 e. The van der Waals surface area contributed by atoms with Gasteiger partial charge in [0.05, 0.1) is 19.2 Å². The Morgan fingerprint density at radius 3 is 2.78 bits per heavy atom. The quantitative estimate of drug-likeness (QED) is 0.724. The summed E-state index contributed by atoms with van der Waals surface area (Å²) < 4.78 is 5.12. The van der Waals surface area contributed by atoms with E-state index in [9.17, 15) is 9.59 Å². The van der Waals surface area contributed by atoms with Crippen LogP contribution < -0.4 is 5.32 Å². The minimum Gasteiger partial charge on any atom is -0.480 e. The normalized spacial score (nSPS) is 25.1. The first-order valence-electron chi connectivity index (χ1n) is 5.91. The number of hydrogen-bond donors (Lipinski definition) is 2. The molecule has 2 N–H and O–H groups in total. The van der Waals surface area contributed by atoms with Crippen LogP contribution in [0.2, 0.25) is 0 Å². The Morgan fingerprint density at radius 1 is 1.50 bits per heavy atom. The van der Waals surface area contributed by atoms with E-state index in [-0.39, 0.29) is 12.5 Å². The highest BCUT2D eigenvalue weighted by Crippen LogP contribution is 2.32. The van der Waals surface area contributed by atoms with Gasteiger partial charge < -0.3 is 20.1 Å². The van der Waals surface area contributed by atoms with Gasteiger partial charge in [-0.05, 0) is 18.8 Å². The lowest BCUT2D eigenvalue weighted by molar-refractivity contribution is -0.139. The summed E-state index contributed by atoms with van der Waals surface area (Å²) in [7, 11) is 0. The molecule has 18 heavy (non-hydrogen) atoms. The number of carboxylic acid groups (broad SMARTS) is 1. The van der Waals surface area contributed by atoms with Crippen LogP contribution in [0.1, 0.15) is 12.8 Å². The van der Waals surface area contributed by atoms with Gasteiger partial charge in [-0.25, -0.2) is 9.59 Å². The molecule has 0 radical (unpaired) electrons. The Kier molecular flexibility index (Phi) is 3.67. The number of rotatable bonds is 3. The van der Waals surface area contributed by atoms with E-state index in [1.807, 2.05) is 6.07 Å². The van der Waals surface area contributed by atoms with Crippen molar-refractivity contribution in [3.05, 3.63) is 0 Å². The van der Waals surface area contributed by atoms with Crippen molar-refractivity contribution in [2.24, 2.45) is 5.92 Å². The molecule has 2 atom stereocenters. The first kappa shape index (κ1) is 12.6. The molecule has 1 heterocycles. The zero-order valence-corrected chi connectivity index (χ0v) is 9.83. The summed E-state index contributed by atoms with van der Waals surface area (Å²) in [6.45, 7) is 0.854. The second-order valence-corrected chi connectivity index (χ2v) is 4.54. The molecule has 98 valence electrons. The van der Waals surface area contributed by atoms with Crippen molar-refractivity contribution in [3.8, 4) is 6.07 Å². The molecule has 0 bridgehead atoms. The third kappa shape index (κ3) is 2.90. The molecule has 0 aromatic carbocycles. The van der Waals surface area contributed by atoms with Crippen LogP contribution in [0.4, 0.5) is 4.79 Å². The largest absolute Gasteiger partial charge is 0.480 e.